The van der Waals surface area contributed by atoms with Gasteiger partial charge in [-0.2, -0.15) is 0 Å². The van der Waals surface area contributed by atoms with Gasteiger partial charge >= 0.3 is 0 Å². The van der Waals surface area contributed by atoms with Crippen LogP contribution >= 0.6 is 22.9 Å². The third kappa shape index (κ3) is 4.88. The Morgan fingerprint density at radius 2 is 1.77 bits per heavy atom. The van der Waals surface area contributed by atoms with E-state index < -0.39 is 0 Å². The van der Waals surface area contributed by atoms with E-state index in [0.29, 0.717) is 36.8 Å². The van der Waals surface area contributed by atoms with E-state index >= 15 is 0 Å². The molecule has 182 valence electrons. The molecule has 0 spiro atoms. The highest BCUT2D eigenvalue weighted by Crippen LogP contribution is 2.38. The number of thiophene rings is 1. The van der Waals surface area contributed by atoms with Gasteiger partial charge in [-0.3, -0.25) is 14.5 Å². The number of nitrogens with zero attached hydrogens (tertiary/aromatic N) is 3. The minimum atomic E-state index is -0.0483. The van der Waals surface area contributed by atoms with E-state index in [1.165, 1.54) is 21.6 Å². The summed E-state index contributed by atoms with van der Waals surface area (Å²) in [7, 11) is 0. The SMILES string of the molecule is Cc1ccccc1[C@H]1c2ccsc2CCN1CC(=O)N1CCN(C(=O)c2ccc(Cl)cc2)[C@H](C)C1. The van der Waals surface area contributed by atoms with Gasteiger partial charge in [-0.15, -0.1) is 11.3 Å². The number of fused-ring (bicyclic) bond motifs is 1. The van der Waals surface area contributed by atoms with Crippen molar-refractivity contribution in [3.05, 3.63) is 92.1 Å². The quantitative estimate of drug-likeness (QED) is 0.497. The lowest BCUT2D eigenvalue weighted by atomic mass is 9.90. The van der Waals surface area contributed by atoms with E-state index in [4.69, 9.17) is 11.6 Å². The Kier molecular flexibility index (Phi) is 6.96. The molecule has 1 fully saturated rings. The van der Waals surface area contributed by atoms with Crippen LogP contribution < -0.4 is 0 Å². The Labute approximate surface area is 215 Å². The highest BCUT2D eigenvalue weighted by molar-refractivity contribution is 7.10. The first-order valence-corrected chi connectivity index (χ1v) is 13.4. The summed E-state index contributed by atoms with van der Waals surface area (Å²) in [5.74, 6) is 0.120. The predicted octanol–water partition coefficient (Wildman–Crippen LogP) is 5.03. The standard InChI is InChI=1S/C28H30ClN3O2S/c1-19-5-3-4-6-23(19)27-24-12-16-35-25(24)11-13-31(27)18-26(33)30-14-15-32(20(2)17-30)28(34)21-7-9-22(29)10-8-21/h3-10,12,16,20,27H,11,13-15,17-18H2,1-2H3/t20-,27+/m1/s1. The van der Waals surface area contributed by atoms with Crippen LogP contribution in [-0.2, 0) is 11.2 Å². The Hall–Kier alpha value is -2.67. The Morgan fingerprint density at radius 3 is 2.51 bits per heavy atom. The lowest BCUT2D eigenvalue weighted by Gasteiger charge is -2.42. The highest BCUT2D eigenvalue weighted by Gasteiger charge is 2.35. The topological polar surface area (TPSA) is 43.9 Å². The van der Waals surface area contributed by atoms with Gasteiger partial charge in [0.25, 0.3) is 5.91 Å². The lowest BCUT2D eigenvalue weighted by Crippen LogP contribution is -2.57. The molecule has 2 aliphatic heterocycles. The smallest absolute Gasteiger partial charge is 0.254 e. The van der Waals surface area contributed by atoms with E-state index in [-0.39, 0.29) is 23.9 Å². The van der Waals surface area contributed by atoms with Gasteiger partial charge < -0.3 is 9.80 Å². The van der Waals surface area contributed by atoms with Gasteiger partial charge in [-0.05, 0) is 72.7 Å². The number of piperazine rings is 1. The molecule has 1 aromatic heterocycles. The zero-order chi connectivity index (χ0) is 24.5. The average molecular weight is 508 g/mol. The van der Waals surface area contributed by atoms with E-state index in [0.717, 1.165) is 13.0 Å². The summed E-state index contributed by atoms with van der Waals surface area (Å²) < 4.78 is 0. The van der Waals surface area contributed by atoms with Crippen molar-refractivity contribution in [3.63, 3.8) is 0 Å². The van der Waals surface area contributed by atoms with Crippen LogP contribution in [0.15, 0.2) is 60.0 Å². The summed E-state index contributed by atoms with van der Waals surface area (Å²) in [6.07, 6.45) is 0.975. The monoisotopic (exact) mass is 507 g/mol. The molecule has 3 heterocycles. The molecule has 0 unspecified atom stereocenters. The summed E-state index contributed by atoms with van der Waals surface area (Å²) in [6.45, 7) is 7.04. The fraction of sp³-hybridized carbons (Fsp3) is 0.357. The Bertz CT molecular complexity index is 1220. The van der Waals surface area contributed by atoms with Crippen LogP contribution in [0.2, 0.25) is 5.02 Å². The molecule has 0 radical (unpaired) electrons. The number of carbonyl (C=O) groups excluding carboxylic acids is 2. The van der Waals surface area contributed by atoms with Crippen molar-refractivity contribution >= 4 is 34.8 Å². The second kappa shape index (κ2) is 10.1. The first-order valence-electron chi connectivity index (χ1n) is 12.1. The molecule has 0 aliphatic carbocycles. The zero-order valence-corrected chi connectivity index (χ0v) is 21.7. The molecule has 0 saturated carbocycles. The number of aryl methyl sites for hydroxylation is 1. The van der Waals surface area contributed by atoms with Crippen LogP contribution in [-0.4, -0.2) is 65.3 Å². The molecule has 2 amide bonds. The van der Waals surface area contributed by atoms with Gasteiger partial charge in [0.1, 0.15) is 0 Å². The van der Waals surface area contributed by atoms with Crippen molar-refractivity contribution in [1.82, 2.24) is 14.7 Å². The summed E-state index contributed by atoms with van der Waals surface area (Å²) in [5.41, 5.74) is 4.47. The summed E-state index contributed by atoms with van der Waals surface area (Å²) >= 11 is 7.79. The molecular weight excluding hydrogens is 478 g/mol. The van der Waals surface area contributed by atoms with Crippen molar-refractivity contribution in [2.24, 2.45) is 0 Å². The molecule has 0 N–H and O–H groups in total. The van der Waals surface area contributed by atoms with Crippen molar-refractivity contribution in [1.29, 1.82) is 0 Å². The van der Waals surface area contributed by atoms with Crippen molar-refractivity contribution in [2.75, 3.05) is 32.7 Å². The Morgan fingerprint density at radius 1 is 1.00 bits per heavy atom. The zero-order valence-electron chi connectivity index (χ0n) is 20.1. The number of rotatable bonds is 4. The number of amides is 2. The summed E-state index contributed by atoms with van der Waals surface area (Å²) in [4.78, 5) is 34.0. The van der Waals surface area contributed by atoms with E-state index in [9.17, 15) is 9.59 Å². The fourth-order valence-corrected chi connectivity index (χ4v) is 6.34. The lowest BCUT2D eigenvalue weighted by molar-refractivity contribution is -0.135. The van der Waals surface area contributed by atoms with Crippen LogP contribution in [0.25, 0.3) is 0 Å². The molecule has 2 aliphatic rings. The van der Waals surface area contributed by atoms with Crippen LogP contribution in [0.3, 0.4) is 0 Å². The molecule has 2 aromatic carbocycles. The molecule has 2 atom stereocenters. The molecule has 5 nitrogen and oxygen atoms in total. The molecular formula is C28H30ClN3O2S. The van der Waals surface area contributed by atoms with Gasteiger partial charge in [0.05, 0.1) is 12.6 Å². The van der Waals surface area contributed by atoms with Crippen LogP contribution in [0.5, 0.6) is 0 Å². The third-order valence-electron chi connectivity index (χ3n) is 7.22. The average Bonchev–Trinajstić information content (AvgIpc) is 3.33. The Balaban J connectivity index is 1.28. The maximum absolute atomic E-state index is 13.5. The van der Waals surface area contributed by atoms with Crippen LogP contribution in [0, 0.1) is 6.92 Å². The van der Waals surface area contributed by atoms with Crippen LogP contribution in [0.4, 0.5) is 0 Å². The molecule has 7 heteroatoms. The van der Waals surface area contributed by atoms with Gasteiger partial charge in [0.15, 0.2) is 0 Å². The number of halogens is 1. The summed E-state index contributed by atoms with van der Waals surface area (Å²) in [5, 5.41) is 2.78. The summed E-state index contributed by atoms with van der Waals surface area (Å²) in [6, 6.07) is 17.8. The largest absolute Gasteiger partial charge is 0.338 e. The first-order chi connectivity index (χ1) is 16.9. The first kappa shape index (κ1) is 24.0. The molecule has 0 bridgehead atoms. The maximum Gasteiger partial charge on any atom is 0.254 e. The van der Waals surface area contributed by atoms with E-state index in [2.05, 4.69) is 47.5 Å². The molecule has 5 rings (SSSR count). The van der Waals surface area contributed by atoms with Gasteiger partial charge in [-0.1, -0.05) is 35.9 Å². The van der Waals surface area contributed by atoms with Gasteiger partial charge in [0, 0.05) is 47.7 Å². The van der Waals surface area contributed by atoms with Crippen molar-refractivity contribution in [2.45, 2.75) is 32.4 Å². The van der Waals surface area contributed by atoms with E-state index in [1.807, 2.05) is 28.1 Å². The third-order valence-corrected chi connectivity index (χ3v) is 8.47. The molecule has 1 saturated heterocycles. The second-order valence-corrected chi connectivity index (χ2v) is 10.9. The number of carbonyl (C=O) groups is 2. The predicted molar refractivity (Wildman–Crippen MR) is 141 cm³/mol. The second-order valence-electron chi connectivity index (χ2n) is 9.47. The van der Waals surface area contributed by atoms with Crippen molar-refractivity contribution in [3.8, 4) is 0 Å². The van der Waals surface area contributed by atoms with Gasteiger partial charge in [-0.25, -0.2) is 0 Å². The molecule has 3 aromatic rings. The minimum Gasteiger partial charge on any atom is -0.338 e. The normalized spacial score (nSPS) is 20.5. The van der Waals surface area contributed by atoms with Gasteiger partial charge in [0.2, 0.25) is 5.91 Å². The number of benzene rings is 2. The maximum atomic E-state index is 13.5. The number of hydrogen-bond donors (Lipinski definition) is 0. The van der Waals surface area contributed by atoms with E-state index in [1.54, 1.807) is 24.3 Å². The number of hydrogen-bond acceptors (Lipinski definition) is 4. The molecule has 35 heavy (non-hydrogen) atoms. The van der Waals surface area contributed by atoms with Crippen LogP contribution in [0.1, 0.15) is 44.9 Å². The fourth-order valence-electron chi connectivity index (χ4n) is 5.31. The van der Waals surface area contributed by atoms with Crippen molar-refractivity contribution < 1.29 is 9.59 Å². The highest BCUT2D eigenvalue weighted by atomic mass is 35.5. The minimum absolute atomic E-state index is 0.0121.